The average molecular weight is 442 g/mol. The van der Waals surface area contributed by atoms with E-state index in [0.717, 1.165) is 16.7 Å². The molecule has 0 spiro atoms. The van der Waals surface area contributed by atoms with Crippen molar-refractivity contribution in [1.29, 1.82) is 0 Å². The Morgan fingerprint density at radius 1 is 1.19 bits per heavy atom. The average Bonchev–Trinajstić information content (AvgIpc) is 3.02. The number of amides is 3. The highest BCUT2D eigenvalue weighted by atomic mass is 32.2. The molecule has 0 bridgehead atoms. The zero-order valence-corrected chi connectivity index (χ0v) is 17.4. The van der Waals surface area contributed by atoms with Crippen LogP contribution in [0.1, 0.15) is 5.56 Å². The molecule has 3 rings (SSSR count). The van der Waals surface area contributed by atoms with Gasteiger partial charge in [-0.25, -0.2) is 4.39 Å². The van der Waals surface area contributed by atoms with Gasteiger partial charge < -0.3 is 14.8 Å². The van der Waals surface area contributed by atoms with Crippen LogP contribution in [0.2, 0.25) is 0 Å². The van der Waals surface area contributed by atoms with Crippen LogP contribution >= 0.6 is 11.8 Å². The number of nitrogens with one attached hydrogen (secondary N) is 1. The minimum absolute atomic E-state index is 0.151. The van der Waals surface area contributed by atoms with Gasteiger partial charge in [0, 0.05) is 12.2 Å². The SMILES string of the molecule is C=CCN1C(=O)SC(=Cc2ccc(OCC(=O)Nc3ccc(F)cc3)c(OC)c2)C1=O. The Kier molecular flexibility index (Phi) is 7.09. The molecule has 0 radical (unpaired) electrons. The monoisotopic (exact) mass is 442 g/mol. The van der Waals surface area contributed by atoms with Gasteiger partial charge in [0.2, 0.25) is 0 Å². The fourth-order valence-corrected chi connectivity index (χ4v) is 3.55. The Morgan fingerprint density at radius 2 is 1.94 bits per heavy atom. The van der Waals surface area contributed by atoms with E-state index in [-0.39, 0.29) is 24.3 Å². The summed E-state index contributed by atoms with van der Waals surface area (Å²) in [5, 5.41) is 2.24. The number of carbonyl (C=O) groups is 3. The molecule has 1 heterocycles. The predicted octanol–water partition coefficient (Wildman–Crippen LogP) is 4.07. The van der Waals surface area contributed by atoms with Gasteiger partial charge in [0.05, 0.1) is 12.0 Å². The minimum atomic E-state index is -0.423. The van der Waals surface area contributed by atoms with Crippen LogP contribution in [0, 0.1) is 5.82 Å². The Hall–Kier alpha value is -3.59. The number of hydrogen-bond acceptors (Lipinski definition) is 6. The highest BCUT2D eigenvalue weighted by Crippen LogP contribution is 2.34. The highest BCUT2D eigenvalue weighted by molar-refractivity contribution is 8.18. The number of thioether (sulfide) groups is 1. The molecular weight excluding hydrogens is 423 g/mol. The Bertz CT molecular complexity index is 1050. The molecule has 0 saturated carbocycles. The molecule has 0 aliphatic carbocycles. The Balaban J connectivity index is 1.66. The number of carbonyl (C=O) groups excluding carboxylic acids is 3. The van der Waals surface area contributed by atoms with Crippen molar-refractivity contribution >= 4 is 40.6 Å². The van der Waals surface area contributed by atoms with E-state index in [2.05, 4.69) is 11.9 Å². The van der Waals surface area contributed by atoms with Gasteiger partial charge in [-0.2, -0.15) is 0 Å². The lowest BCUT2D eigenvalue weighted by molar-refractivity contribution is -0.122. The zero-order chi connectivity index (χ0) is 22.4. The summed E-state index contributed by atoms with van der Waals surface area (Å²) in [6.07, 6.45) is 3.07. The number of nitrogens with zero attached hydrogens (tertiary/aromatic N) is 1. The van der Waals surface area contributed by atoms with Gasteiger partial charge >= 0.3 is 0 Å². The topological polar surface area (TPSA) is 84.9 Å². The molecule has 2 aromatic rings. The summed E-state index contributed by atoms with van der Waals surface area (Å²) in [6.45, 7) is 3.41. The second-order valence-corrected chi connectivity index (χ2v) is 7.33. The standard InChI is InChI=1S/C22H19FN2O5S/c1-3-10-25-21(27)19(31-22(25)28)12-14-4-9-17(18(11-14)29-2)30-13-20(26)24-16-7-5-15(23)6-8-16/h3-9,11-12H,1,10,13H2,2H3,(H,24,26). The normalized spacial score (nSPS) is 14.6. The minimum Gasteiger partial charge on any atom is -0.493 e. The summed E-state index contributed by atoms with van der Waals surface area (Å²) in [4.78, 5) is 37.7. The van der Waals surface area contributed by atoms with Crippen molar-refractivity contribution in [2.45, 2.75) is 0 Å². The van der Waals surface area contributed by atoms with E-state index in [1.165, 1.54) is 37.5 Å². The van der Waals surface area contributed by atoms with Crippen LogP contribution < -0.4 is 14.8 Å². The van der Waals surface area contributed by atoms with Gasteiger partial charge in [0.15, 0.2) is 18.1 Å². The highest BCUT2D eigenvalue weighted by Gasteiger charge is 2.34. The van der Waals surface area contributed by atoms with E-state index in [1.807, 2.05) is 0 Å². The molecule has 0 aromatic heterocycles. The van der Waals surface area contributed by atoms with Crippen LogP contribution in [0.3, 0.4) is 0 Å². The van der Waals surface area contributed by atoms with E-state index in [9.17, 15) is 18.8 Å². The van der Waals surface area contributed by atoms with Crippen molar-refractivity contribution in [2.75, 3.05) is 25.6 Å². The van der Waals surface area contributed by atoms with Crippen molar-refractivity contribution in [3.05, 3.63) is 71.4 Å². The largest absolute Gasteiger partial charge is 0.493 e. The van der Waals surface area contributed by atoms with Crippen LogP contribution in [0.15, 0.2) is 60.0 Å². The molecule has 1 N–H and O–H groups in total. The van der Waals surface area contributed by atoms with Gasteiger partial charge in [-0.15, -0.1) is 6.58 Å². The summed E-state index contributed by atoms with van der Waals surface area (Å²) in [5.74, 6) is -0.521. The molecule has 0 unspecified atom stereocenters. The van der Waals surface area contributed by atoms with Crippen LogP contribution in [-0.4, -0.2) is 42.2 Å². The number of benzene rings is 2. The number of halogens is 1. The Morgan fingerprint density at radius 3 is 2.61 bits per heavy atom. The van der Waals surface area contributed by atoms with Crippen molar-refractivity contribution < 1.29 is 28.2 Å². The lowest BCUT2D eigenvalue weighted by Crippen LogP contribution is -2.27. The Labute approximate surface area is 182 Å². The molecule has 3 amide bonds. The lowest BCUT2D eigenvalue weighted by Gasteiger charge is -2.12. The molecule has 1 aliphatic rings. The maximum Gasteiger partial charge on any atom is 0.293 e. The first-order valence-electron chi connectivity index (χ1n) is 9.14. The summed E-state index contributed by atoms with van der Waals surface area (Å²) >= 11 is 0.852. The quantitative estimate of drug-likeness (QED) is 0.490. The number of methoxy groups -OCH3 is 1. The lowest BCUT2D eigenvalue weighted by atomic mass is 10.2. The molecule has 0 atom stereocenters. The van der Waals surface area contributed by atoms with Crippen LogP contribution in [-0.2, 0) is 9.59 Å². The van der Waals surface area contributed by atoms with E-state index in [1.54, 1.807) is 24.3 Å². The van der Waals surface area contributed by atoms with Crippen molar-refractivity contribution in [1.82, 2.24) is 4.90 Å². The fraction of sp³-hybridized carbons (Fsp3) is 0.136. The zero-order valence-electron chi connectivity index (χ0n) is 16.6. The van der Waals surface area contributed by atoms with Gasteiger partial charge in [0.1, 0.15) is 5.82 Å². The van der Waals surface area contributed by atoms with Gasteiger partial charge in [-0.1, -0.05) is 12.1 Å². The molecule has 1 saturated heterocycles. The first kappa shape index (κ1) is 22.1. The summed E-state index contributed by atoms with van der Waals surface area (Å²) in [7, 11) is 1.45. The van der Waals surface area contributed by atoms with E-state index < -0.39 is 11.7 Å². The number of anilines is 1. The summed E-state index contributed by atoms with van der Waals surface area (Å²) < 4.78 is 23.8. The summed E-state index contributed by atoms with van der Waals surface area (Å²) in [6, 6.07) is 10.3. The van der Waals surface area contributed by atoms with Crippen LogP contribution in [0.25, 0.3) is 6.08 Å². The van der Waals surface area contributed by atoms with Crippen LogP contribution in [0.4, 0.5) is 14.9 Å². The molecule has 7 nitrogen and oxygen atoms in total. The molecule has 160 valence electrons. The van der Waals surface area contributed by atoms with Crippen molar-refractivity contribution in [3.8, 4) is 11.5 Å². The number of rotatable bonds is 8. The molecular formula is C22H19FN2O5S. The third-order valence-corrected chi connectivity index (χ3v) is 5.06. The molecule has 9 heteroatoms. The number of imide groups is 1. The third-order valence-electron chi connectivity index (χ3n) is 4.16. The van der Waals surface area contributed by atoms with E-state index >= 15 is 0 Å². The predicted molar refractivity (Wildman–Crippen MR) is 116 cm³/mol. The van der Waals surface area contributed by atoms with Crippen molar-refractivity contribution in [3.63, 3.8) is 0 Å². The smallest absolute Gasteiger partial charge is 0.293 e. The summed E-state index contributed by atoms with van der Waals surface area (Å²) in [5.41, 5.74) is 1.08. The maximum atomic E-state index is 12.9. The van der Waals surface area contributed by atoms with E-state index in [4.69, 9.17) is 9.47 Å². The fourth-order valence-electron chi connectivity index (χ4n) is 2.70. The first-order chi connectivity index (χ1) is 14.9. The second kappa shape index (κ2) is 9.94. The maximum absolute atomic E-state index is 12.9. The van der Waals surface area contributed by atoms with E-state index in [0.29, 0.717) is 27.7 Å². The number of ether oxygens (including phenoxy) is 2. The van der Waals surface area contributed by atoms with Gasteiger partial charge in [-0.3, -0.25) is 19.3 Å². The third kappa shape index (κ3) is 5.52. The number of hydrogen-bond donors (Lipinski definition) is 1. The van der Waals surface area contributed by atoms with Gasteiger partial charge in [-0.05, 0) is 59.8 Å². The molecule has 31 heavy (non-hydrogen) atoms. The first-order valence-corrected chi connectivity index (χ1v) is 9.95. The van der Waals surface area contributed by atoms with Crippen molar-refractivity contribution in [2.24, 2.45) is 0 Å². The van der Waals surface area contributed by atoms with Crippen LogP contribution in [0.5, 0.6) is 11.5 Å². The molecule has 1 fully saturated rings. The van der Waals surface area contributed by atoms with Gasteiger partial charge in [0.25, 0.3) is 17.1 Å². The second-order valence-electron chi connectivity index (χ2n) is 6.34. The molecule has 2 aromatic carbocycles. The molecule has 1 aliphatic heterocycles.